The third kappa shape index (κ3) is 4.30. The lowest BCUT2D eigenvalue weighted by Crippen LogP contribution is -2.46. The molecule has 1 rings (SSSR count). The van der Waals surface area contributed by atoms with Gasteiger partial charge in [0.05, 0.1) is 13.5 Å². The molecule has 0 spiro atoms. The summed E-state index contributed by atoms with van der Waals surface area (Å²) in [6.07, 6.45) is 5.43. The predicted octanol–water partition coefficient (Wildman–Crippen LogP) is 2.73. The van der Waals surface area contributed by atoms with E-state index in [0.717, 1.165) is 5.92 Å². The summed E-state index contributed by atoms with van der Waals surface area (Å²) in [4.78, 5) is 11.5. The van der Waals surface area contributed by atoms with Crippen molar-refractivity contribution < 1.29 is 9.53 Å². The fourth-order valence-electron chi connectivity index (χ4n) is 3.15. The van der Waals surface area contributed by atoms with Crippen molar-refractivity contribution in [1.82, 2.24) is 0 Å². The molecule has 17 heavy (non-hydrogen) atoms. The van der Waals surface area contributed by atoms with E-state index in [9.17, 15) is 4.79 Å². The first-order valence-electron chi connectivity index (χ1n) is 6.70. The molecule has 0 bridgehead atoms. The monoisotopic (exact) mass is 241 g/mol. The van der Waals surface area contributed by atoms with E-state index >= 15 is 0 Å². The minimum Gasteiger partial charge on any atom is -0.469 e. The van der Waals surface area contributed by atoms with Crippen LogP contribution in [0.1, 0.15) is 52.9 Å². The van der Waals surface area contributed by atoms with E-state index < -0.39 is 0 Å². The molecule has 1 aliphatic carbocycles. The molecule has 1 fully saturated rings. The fourth-order valence-corrected chi connectivity index (χ4v) is 3.15. The van der Waals surface area contributed by atoms with E-state index in [4.69, 9.17) is 10.5 Å². The number of hydrogen-bond acceptors (Lipinski definition) is 3. The molecule has 3 atom stereocenters. The maximum absolute atomic E-state index is 11.5. The maximum atomic E-state index is 11.5. The lowest BCUT2D eigenvalue weighted by molar-refractivity contribution is -0.143. The second-order valence-corrected chi connectivity index (χ2v) is 6.24. The number of esters is 1. The van der Waals surface area contributed by atoms with E-state index in [1.54, 1.807) is 0 Å². The predicted molar refractivity (Wildman–Crippen MR) is 69.5 cm³/mol. The van der Waals surface area contributed by atoms with Gasteiger partial charge in [0.2, 0.25) is 0 Å². The molecule has 2 N–H and O–H groups in total. The molecule has 1 aliphatic rings. The number of methoxy groups -OCH3 is 1. The summed E-state index contributed by atoms with van der Waals surface area (Å²) in [6.45, 7) is 6.35. The minimum absolute atomic E-state index is 0.133. The summed E-state index contributed by atoms with van der Waals surface area (Å²) in [6, 6.07) is 0. The Hall–Kier alpha value is -0.570. The number of carbonyl (C=O) groups is 1. The van der Waals surface area contributed by atoms with E-state index in [0.29, 0.717) is 12.3 Å². The van der Waals surface area contributed by atoms with Crippen LogP contribution in [0.15, 0.2) is 0 Å². The number of rotatable bonds is 4. The third-order valence-corrected chi connectivity index (χ3v) is 4.12. The molecule has 1 saturated carbocycles. The topological polar surface area (TPSA) is 52.3 Å². The van der Waals surface area contributed by atoms with Crippen molar-refractivity contribution in [3.8, 4) is 0 Å². The largest absolute Gasteiger partial charge is 0.469 e. The van der Waals surface area contributed by atoms with Gasteiger partial charge in [-0.15, -0.1) is 0 Å². The van der Waals surface area contributed by atoms with Gasteiger partial charge in [-0.2, -0.15) is 0 Å². The molecule has 3 unspecified atom stereocenters. The van der Waals surface area contributed by atoms with Gasteiger partial charge in [0.15, 0.2) is 0 Å². The van der Waals surface area contributed by atoms with Crippen LogP contribution in [-0.4, -0.2) is 18.6 Å². The Morgan fingerprint density at radius 2 is 2.12 bits per heavy atom. The SMILES string of the molecule is COC(=O)CC(C1CCCC(C)C1)C(C)(C)N. The molecule has 0 aromatic rings. The van der Waals surface area contributed by atoms with Crippen LogP contribution in [0.3, 0.4) is 0 Å². The smallest absolute Gasteiger partial charge is 0.305 e. The van der Waals surface area contributed by atoms with Gasteiger partial charge >= 0.3 is 5.97 Å². The molecule has 0 aromatic carbocycles. The van der Waals surface area contributed by atoms with Crippen LogP contribution >= 0.6 is 0 Å². The molecule has 0 amide bonds. The maximum Gasteiger partial charge on any atom is 0.305 e. The van der Waals surface area contributed by atoms with Crippen LogP contribution in [-0.2, 0) is 9.53 Å². The number of carbonyl (C=O) groups excluding carboxylic acids is 1. The first kappa shape index (κ1) is 14.5. The molecule has 0 aliphatic heterocycles. The van der Waals surface area contributed by atoms with E-state index in [1.807, 2.05) is 13.8 Å². The minimum atomic E-state index is -0.310. The van der Waals surface area contributed by atoms with Crippen molar-refractivity contribution in [2.45, 2.75) is 58.4 Å². The molecule has 100 valence electrons. The second-order valence-electron chi connectivity index (χ2n) is 6.24. The van der Waals surface area contributed by atoms with Crippen molar-refractivity contribution in [2.75, 3.05) is 7.11 Å². The summed E-state index contributed by atoms with van der Waals surface area (Å²) in [5, 5.41) is 0. The molecule has 3 nitrogen and oxygen atoms in total. The summed E-state index contributed by atoms with van der Waals surface area (Å²) in [5.41, 5.74) is 5.94. The number of ether oxygens (including phenoxy) is 1. The lowest BCUT2D eigenvalue weighted by Gasteiger charge is -2.40. The average Bonchev–Trinajstić information content (AvgIpc) is 2.23. The first-order chi connectivity index (χ1) is 7.84. The van der Waals surface area contributed by atoms with Gasteiger partial charge in [0.1, 0.15) is 0 Å². The number of nitrogens with two attached hydrogens (primary N) is 1. The highest BCUT2D eigenvalue weighted by Gasteiger charge is 2.36. The van der Waals surface area contributed by atoms with Crippen LogP contribution in [0.5, 0.6) is 0 Å². The molecule has 0 heterocycles. The van der Waals surface area contributed by atoms with E-state index in [-0.39, 0.29) is 17.4 Å². The van der Waals surface area contributed by atoms with Gasteiger partial charge in [-0.1, -0.05) is 26.2 Å². The van der Waals surface area contributed by atoms with Gasteiger partial charge in [-0.25, -0.2) is 0 Å². The van der Waals surface area contributed by atoms with Crippen molar-refractivity contribution >= 4 is 5.97 Å². The van der Waals surface area contributed by atoms with Crippen molar-refractivity contribution in [3.63, 3.8) is 0 Å². The Morgan fingerprint density at radius 3 is 2.59 bits per heavy atom. The Balaban J connectivity index is 2.71. The number of hydrogen-bond donors (Lipinski definition) is 1. The van der Waals surface area contributed by atoms with Crippen LogP contribution in [0.25, 0.3) is 0 Å². The van der Waals surface area contributed by atoms with Gasteiger partial charge in [-0.3, -0.25) is 4.79 Å². The average molecular weight is 241 g/mol. The van der Waals surface area contributed by atoms with Crippen LogP contribution in [0.4, 0.5) is 0 Å². The van der Waals surface area contributed by atoms with Crippen molar-refractivity contribution in [3.05, 3.63) is 0 Å². The summed E-state index contributed by atoms with van der Waals surface area (Å²) >= 11 is 0. The molecular formula is C14H27NO2. The zero-order chi connectivity index (χ0) is 13.1. The van der Waals surface area contributed by atoms with Crippen molar-refractivity contribution in [1.29, 1.82) is 0 Å². The summed E-state index contributed by atoms with van der Waals surface area (Å²) < 4.78 is 4.80. The van der Waals surface area contributed by atoms with Crippen LogP contribution in [0, 0.1) is 17.8 Å². The highest BCUT2D eigenvalue weighted by molar-refractivity contribution is 5.69. The summed E-state index contributed by atoms with van der Waals surface area (Å²) in [5.74, 6) is 1.43. The Morgan fingerprint density at radius 1 is 1.47 bits per heavy atom. The highest BCUT2D eigenvalue weighted by Crippen LogP contribution is 2.39. The normalized spacial score (nSPS) is 27.6. The standard InChI is InChI=1S/C14H27NO2/c1-10-6-5-7-11(8-10)12(14(2,3)15)9-13(16)17-4/h10-12H,5-9,15H2,1-4H3. The Bertz CT molecular complexity index is 257. The highest BCUT2D eigenvalue weighted by atomic mass is 16.5. The lowest BCUT2D eigenvalue weighted by atomic mass is 9.68. The fraction of sp³-hybridized carbons (Fsp3) is 0.929. The van der Waals surface area contributed by atoms with E-state index in [1.165, 1.54) is 32.8 Å². The van der Waals surface area contributed by atoms with Gasteiger partial charge in [0, 0.05) is 5.54 Å². The van der Waals surface area contributed by atoms with Gasteiger partial charge < -0.3 is 10.5 Å². The zero-order valence-electron chi connectivity index (χ0n) is 11.7. The molecular weight excluding hydrogens is 214 g/mol. The van der Waals surface area contributed by atoms with Gasteiger partial charge in [0.25, 0.3) is 0 Å². The second kappa shape index (κ2) is 5.85. The Kier molecular flexibility index (Phi) is 4.99. The Labute approximate surface area is 105 Å². The molecule has 0 saturated heterocycles. The van der Waals surface area contributed by atoms with Gasteiger partial charge in [-0.05, 0) is 38.0 Å². The molecule has 0 radical (unpaired) electrons. The van der Waals surface area contributed by atoms with Crippen LogP contribution < -0.4 is 5.73 Å². The van der Waals surface area contributed by atoms with E-state index in [2.05, 4.69) is 6.92 Å². The first-order valence-corrected chi connectivity index (χ1v) is 6.70. The molecule has 3 heteroatoms. The quantitative estimate of drug-likeness (QED) is 0.770. The van der Waals surface area contributed by atoms with Crippen molar-refractivity contribution in [2.24, 2.45) is 23.5 Å². The third-order valence-electron chi connectivity index (χ3n) is 4.12. The zero-order valence-corrected chi connectivity index (χ0v) is 11.7. The van der Waals surface area contributed by atoms with Crippen LogP contribution in [0.2, 0.25) is 0 Å². The molecule has 0 aromatic heterocycles. The summed E-state index contributed by atoms with van der Waals surface area (Å²) in [7, 11) is 1.45.